The fraction of sp³-hybridized carbons (Fsp3) is 0.455. The molecule has 0 saturated carbocycles. The summed E-state index contributed by atoms with van der Waals surface area (Å²) in [6, 6.07) is 12.3. The first-order chi connectivity index (χ1) is 13.8. The van der Waals surface area contributed by atoms with Crippen LogP contribution in [0.1, 0.15) is 55.4 Å². The summed E-state index contributed by atoms with van der Waals surface area (Å²) in [4.78, 5) is 6.89. The zero-order chi connectivity index (χ0) is 18.9. The molecule has 0 aliphatic carbocycles. The normalized spacial score (nSPS) is 19.8. The Kier molecular flexibility index (Phi) is 4.44. The van der Waals surface area contributed by atoms with E-state index in [2.05, 4.69) is 36.8 Å². The molecular formula is C22H24N6. The molecule has 1 aromatic carbocycles. The van der Waals surface area contributed by atoms with E-state index in [0.29, 0.717) is 11.6 Å². The number of benzene rings is 1. The number of anilines is 1. The van der Waals surface area contributed by atoms with Crippen LogP contribution in [0, 0.1) is 11.3 Å². The number of hydrogen-bond acceptors (Lipinski definition) is 5. The van der Waals surface area contributed by atoms with E-state index in [0.717, 1.165) is 67.1 Å². The topological polar surface area (TPSA) is 70.6 Å². The molecule has 0 amide bonds. The Bertz CT molecular complexity index is 1050. The van der Waals surface area contributed by atoms with E-state index in [1.165, 1.54) is 19.3 Å². The van der Waals surface area contributed by atoms with Crippen LogP contribution in [0.25, 0.3) is 10.9 Å². The molecule has 142 valence electrons. The monoisotopic (exact) mass is 372 g/mol. The molecule has 28 heavy (non-hydrogen) atoms. The van der Waals surface area contributed by atoms with Gasteiger partial charge in [-0.05, 0) is 37.8 Å². The summed E-state index contributed by atoms with van der Waals surface area (Å²) in [5.74, 6) is 2.69. The Morgan fingerprint density at radius 2 is 1.96 bits per heavy atom. The second-order valence-electron chi connectivity index (χ2n) is 7.88. The van der Waals surface area contributed by atoms with Gasteiger partial charge in [0, 0.05) is 43.0 Å². The molecule has 1 fully saturated rings. The van der Waals surface area contributed by atoms with E-state index < -0.39 is 0 Å². The summed E-state index contributed by atoms with van der Waals surface area (Å²) in [5.41, 5.74) is 2.48. The van der Waals surface area contributed by atoms with Gasteiger partial charge in [0.2, 0.25) is 0 Å². The van der Waals surface area contributed by atoms with Crippen molar-refractivity contribution < 1.29 is 0 Å². The molecule has 1 saturated heterocycles. The van der Waals surface area contributed by atoms with Crippen LogP contribution in [-0.4, -0.2) is 32.8 Å². The van der Waals surface area contributed by atoms with Crippen molar-refractivity contribution in [3.63, 3.8) is 0 Å². The molecule has 0 N–H and O–H groups in total. The molecule has 6 heteroatoms. The Labute approximate surface area is 164 Å². The lowest BCUT2D eigenvalue weighted by Crippen LogP contribution is -2.35. The van der Waals surface area contributed by atoms with Crippen LogP contribution in [0.2, 0.25) is 0 Å². The molecule has 6 nitrogen and oxygen atoms in total. The van der Waals surface area contributed by atoms with Gasteiger partial charge < -0.3 is 9.47 Å². The number of aromatic nitrogens is 4. The molecule has 1 unspecified atom stereocenters. The van der Waals surface area contributed by atoms with Gasteiger partial charge >= 0.3 is 0 Å². The van der Waals surface area contributed by atoms with Gasteiger partial charge in [0.05, 0.1) is 5.52 Å². The molecule has 0 bridgehead atoms. The molecular weight excluding hydrogens is 348 g/mol. The lowest BCUT2D eigenvalue weighted by molar-refractivity contribution is 0.466. The molecule has 3 aromatic rings. The standard InChI is InChI=1S/C22H24N6/c23-14-17-13-20(18-8-3-4-9-19(18)24-17)27-11-6-7-16(15-27)22-26-25-21-10-2-1-5-12-28(21)22/h3-4,8-9,13,16H,1-2,5-7,10-12,15H2. The molecule has 5 rings (SSSR count). The van der Waals surface area contributed by atoms with Crippen LogP contribution in [0.4, 0.5) is 5.69 Å². The fourth-order valence-electron chi connectivity index (χ4n) is 4.69. The highest BCUT2D eigenvalue weighted by molar-refractivity contribution is 5.92. The molecule has 4 heterocycles. The highest BCUT2D eigenvalue weighted by atomic mass is 15.3. The van der Waals surface area contributed by atoms with E-state index in [9.17, 15) is 5.26 Å². The van der Waals surface area contributed by atoms with Crippen molar-refractivity contribution in [2.75, 3.05) is 18.0 Å². The minimum Gasteiger partial charge on any atom is -0.370 e. The van der Waals surface area contributed by atoms with Gasteiger partial charge in [-0.3, -0.25) is 0 Å². The Morgan fingerprint density at radius 1 is 1.04 bits per heavy atom. The third kappa shape index (κ3) is 3.01. The van der Waals surface area contributed by atoms with E-state index in [-0.39, 0.29) is 0 Å². The highest BCUT2D eigenvalue weighted by Crippen LogP contribution is 2.34. The van der Waals surface area contributed by atoms with Crippen molar-refractivity contribution in [1.82, 2.24) is 19.7 Å². The van der Waals surface area contributed by atoms with E-state index >= 15 is 0 Å². The first-order valence-corrected chi connectivity index (χ1v) is 10.3. The third-order valence-electron chi connectivity index (χ3n) is 6.07. The van der Waals surface area contributed by atoms with Gasteiger partial charge in [-0.15, -0.1) is 10.2 Å². The van der Waals surface area contributed by atoms with Gasteiger partial charge in [-0.1, -0.05) is 24.6 Å². The number of rotatable bonds is 2. The maximum absolute atomic E-state index is 9.43. The van der Waals surface area contributed by atoms with Crippen LogP contribution >= 0.6 is 0 Å². The van der Waals surface area contributed by atoms with E-state index in [1.54, 1.807) is 0 Å². The predicted octanol–water partition coefficient (Wildman–Crippen LogP) is 3.81. The Morgan fingerprint density at radius 3 is 2.89 bits per heavy atom. The number of piperidine rings is 1. The van der Waals surface area contributed by atoms with Gasteiger partial charge in [-0.25, -0.2) is 4.98 Å². The minimum absolute atomic E-state index is 0.380. The van der Waals surface area contributed by atoms with Gasteiger partial charge in [0.25, 0.3) is 0 Å². The second-order valence-corrected chi connectivity index (χ2v) is 7.88. The summed E-state index contributed by atoms with van der Waals surface area (Å²) in [6.07, 6.45) is 7.02. The number of para-hydroxylation sites is 1. The lowest BCUT2D eigenvalue weighted by Gasteiger charge is -2.34. The highest BCUT2D eigenvalue weighted by Gasteiger charge is 2.28. The smallest absolute Gasteiger partial charge is 0.143 e. The first kappa shape index (κ1) is 17.2. The van der Waals surface area contributed by atoms with Crippen LogP contribution in [0.3, 0.4) is 0 Å². The third-order valence-corrected chi connectivity index (χ3v) is 6.07. The quantitative estimate of drug-likeness (QED) is 0.684. The second kappa shape index (κ2) is 7.23. The maximum atomic E-state index is 9.43. The zero-order valence-corrected chi connectivity index (χ0v) is 16.0. The van der Waals surface area contributed by atoms with E-state index in [1.807, 2.05) is 24.3 Å². The number of aryl methyl sites for hydroxylation is 1. The van der Waals surface area contributed by atoms with Crippen molar-refractivity contribution >= 4 is 16.6 Å². The van der Waals surface area contributed by atoms with Gasteiger partial charge in [-0.2, -0.15) is 5.26 Å². The average Bonchev–Trinajstić information content (AvgIpc) is 3.01. The number of nitriles is 1. The summed E-state index contributed by atoms with van der Waals surface area (Å²) in [7, 11) is 0. The Balaban J connectivity index is 1.50. The lowest BCUT2D eigenvalue weighted by atomic mass is 9.96. The van der Waals surface area contributed by atoms with Crippen LogP contribution in [0.5, 0.6) is 0 Å². The number of hydrogen-bond donors (Lipinski definition) is 0. The summed E-state index contributed by atoms with van der Waals surface area (Å²) in [5, 5.41) is 19.7. The first-order valence-electron chi connectivity index (χ1n) is 10.3. The summed E-state index contributed by atoms with van der Waals surface area (Å²) >= 11 is 0. The predicted molar refractivity (Wildman–Crippen MR) is 108 cm³/mol. The molecule has 2 aliphatic rings. The largest absolute Gasteiger partial charge is 0.370 e. The molecule has 1 atom stereocenters. The number of pyridine rings is 1. The summed E-state index contributed by atoms with van der Waals surface area (Å²) in [6.45, 7) is 2.96. The van der Waals surface area contributed by atoms with Crippen molar-refractivity contribution in [2.24, 2.45) is 0 Å². The molecule has 2 aliphatic heterocycles. The van der Waals surface area contributed by atoms with Crippen LogP contribution in [-0.2, 0) is 13.0 Å². The van der Waals surface area contributed by atoms with Gasteiger partial charge in [0.15, 0.2) is 0 Å². The summed E-state index contributed by atoms with van der Waals surface area (Å²) < 4.78 is 2.38. The average molecular weight is 372 g/mol. The SMILES string of the molecule is N#Cc1cc(N2CCCC(c3nnc4n3CCCCC4)C2)c2ccccc2n1. The van der Waals surface area contributed by atoms with E-state index in [4.69, 9.17) is 0 Å². The minimum atomic E-state index is 0.380. The van der Waals surface area contributed by atoms with Crippen molar-refractivity contribution in [3.8, 4) is 6.07 Å². The number of nitrogens with zero attached hydrogens (tertiary/aromatic N) is 6. The molecule has 2 aromatic heterocycles. The zero-order valence-electron chi connectivity index (χ0n) is 16.0. The van der Waals surface area contributed by atoms with Crippen molar-refractivity contribution in [2.45, 2.75) is 51.0 Å². The molecule has 0 radical (unpaired) electrons. The fourth-order valence-corrected chi connectivity index (χ4v) is 4.69. The van der Waals surface area contributed by atoms with Crippen molar-refractivity contribution in [1.29, 1.82) is 5.26 Å². The molecule has 0 spiro atoms. The van der Waals surface area contributed by atoms with Crippen LogP contribution < -0.4 is 4.90 Å². The van der Waals surface area contributed by atoms with Gasteiger partial charge in [0.1, 0.15) is 23.4 Å². The Hall–Kier alpha value is -2.94. The number of fused-ring (bicyclic) bond motifs is 2. The van der Waals surface area contributed by atoms with Crippen molar-refractivity contribution in [3.05, 3.63) is 47.7 Å². The van der Waals surface area contributed by atoms with Crippen LogP contribution in [0.15, 0.2) is 30.3 Å². The maximum Gasteiger partial charge on any atom is 0.143 e.